The van der Waals surface area contributed by atoms with E-state index in [4.69, 9.17) is 0 Å². The van der Waals surface area contributed by atoms with Gasteiger partial charge in [-0.15, -0.1) is 0 Å². The lowest BCUT2D eigenvalue weighted by Crippen LogP contribution is -2.06. The highest BCUT2D eigenvalue weighted by molar-refractivity contribution is 5.86. The second kappa shape index (κ2) is 4.08. The van der Waals surface area contributed by atoms with Crippen LogP contribution < -0.4 is 0 Å². The highest BCUT2D eigenvalue weighted by atomic mass is 19.4. The number of nitrogens with zero attached hydrogens (tertiary/aromatic N) is 1. The normalized spacial score (nSPS) is 19.4. The molecule has 0 fully saturated rings. The smallest absolute Gasteiger partial charge is 0.356 e. The second-order valence-electron chi connectivity index (χ2n) is 4.79. The van der Waals surface area contributed by atoms with Gasteiger partial charge >= 0.3 is 6.18 Å². The van der Waals surface area contributed by atoms with Gasteiger partial charge in [0.2, 0.25) is 0 Å². The molecule has 0 bridgehead atoms. The molecule has 1 atom stereocenters. The van der Waals surface area contributed by atoms with Crippen LogP contribution in [0, 0.1) is 4.91 Å². The number of rotatable bonds is 1. The molecule has 1 heterocycles. The van der Waals surface area contributed by atoms with E-state index in [-0.39, 0.29) is 0 Å². The molecule has 0 saturated heterocycles. The zero-order valence-corrected chi connectivity index (χ0v) is 9.92. The largest absolute Gasteiger partial charge is 0.416 e. The first-order valence-corrected chi connectivity index (χ1v) is 6.05. The number of aromatic nitrogens is 1. The Bertz CT molecular complexity index is 645. The minimum absolute atomic E-state index is 0.467. The van der Waals surface area contributed by atoms with Gasteiger partial charge in [-0.1, -0.05) is 5.18 Å². The quantitative estimate of drug-likeness (QED) is 0.769. The van der Waals surface area contributed by atoms with Gasteiger partial charge in [0.15, 0.2) is 0 Å². The van der Waals surface area contributed by atoms with Crippen LogP contribution in [0.3, 0.4) is 0 Å². The van der Waals surface area contributed by atoms with Crippen molar-refractivity contribution in [3.8, 4) is 0 Å². The molecule has 0 radical (unpaired) electrons. The number of aryl methyl sites for hydroxylation is 1. The van der Waals surface area contributed by atoms with Crippen LogP contribution in [0.2, 0.25) is 0 Å². The van der Waals surface area contributed by atoms with Crippen LogP contribution in [0.25, 0.3) is 10.9 Å². The predicted octanol–water partition coefficient (Wildman–Crippen LogP) is 4.33. The fourth-order valence-corrected chi connectivity index (χ4v) is 2.72. The van der Waals surface area contributed by atoms with Crippen molar-refractivity contribution in [1.82, 2.24) is 4.98 Å². The number of H-pyrrole nitrogens is 1. The molecular weight excluding hydrogens is 257 g/mol. The molecule has 2 aromatic rings. The monoisotopic (exact) mass is 268 g/mol. The third kappa shape index (κ3) is 1.91. The maximum atomic E-state index is 12.7. The van der Waals surface area contributed by atoms with E-state index >= 15 is 0 Å². The number of alkyl halides is 3. The maximum absolute atomic E-state index is 12.7. The van der Waals surface area contributed by atoms with E-state index in [1.54, 1.807) is 0 Å². The first-order chi connectivity index (χ1) is 9.00. The molecule has 3 rings (SSSR count). The lowest BCUT2D eigenvalue weighted by atomic mass is 9.92. The molecule has 100 valence electrons. The van der Waals surface area contributed by atoms with Gasteiger partial charge in [-0.2, -0.15) is 18.1 Å². The Morgan fingerprint density at radius 2 is 2.11 bits per heavy atom. The number of halogens is 3. The van der Waals surface area contributed by atoms with E-state index in [1.807, 2.05) is 0 Å². The fraction of sp³-hybridized carbons (Fsp3) is 0.385. The molecular formula is C13H11F3N2O. The van der Waals surface area contributed by atoms with Crippen LogP contribution in [-0.2, 0) is 12.6 Å². The Balaban J connectivity index is 2.21. The van der Waals surface area contributed by atoms with Crippen molar-refractivity contribution in [2.24, 2.45) is 5.18 Å². The van der Waals surface area contributed by atoms with Crippen LogP contribution >= 0.6 is 0 Å². The Morgan fingerprint density at radius 3 is 2.79 bits per heavy atom. The van der Waals surface area contributed by atoms with Gasteiger partial charge in [0.25, 0.3) is 0 Å². The standard InChI is InChI=1S/C13H11F3N2O/c14-13(15,16)7-4-5-10-9(6-7)8-2-1-3-11(18-19)12(8)17-10/h4-6,11,17H,1-3H2. The molecule has 0 spiro atoms. The molecule has 3 nitrogen and oxygen atoms in total. The van der Waals surface area contributed by atoms with E-state index in [1.165, 1.54) is 6.07 Å². The minimum Gasteiger partial charge on any atom is -0.356 e. The highest BCUT2D eigenvalue weighted by Gasteiger charge is 2.32. The average Bonchev–Trinajstić information content (AvgIpc) is 2.75. The summed E-state index contributed by atoms with van der Waals surface area (Å²) in [6.07, 6.45) is -2.25. The van der Waals surface area contributed by atoms with Crippen LogP contribution in [0.4, 0.5) is 13.2 Å². The third-order valence-corrected chi connectivity index (χ3v) is 3.63. The summed E-state index contributed by atoms with van der Waals surface area (Å²) in [4.78, 5) is 13.8. The van der Waals surface area contributed by atoms with E-state index in [2.05, 4.69) is 10.2 Å². The lowest BCUT2D eigenvalue weighted by Gasteiger charge is -2.16. The van der Waals surface area contributed by atoms with Crippen LogP contribution in [0.5, 0.6) is 0 Å². The van der Waals surface area contributed by atoms with Crippen molar-refractivity contribution in [3.05, 3.63) is 39.9 Å². The number of aromatic amines is 1. The molecule has 0 amide bonds. The van der Waals surface area contributed by atoms with Crippen molar-refractivity contribution < 1.29 is 13.2 Å². The molecule has 1 N–H and O–H groups in total. The van der Waals surface area contributed by atoms with Gasteiger partial charge in [-0.25, -0.2) is 0 Å². The summed E-state index contributed by atoms with van der Waals surface area (Å²) in [5.74, 6) is 0. The van der Waals surface area contributed by atoms with E-state index in [0.29, 0.717) is 29.4 Å². The summed E-state index contributed by atoms with van der Waals surface area (Å²) in [6.45, 7) is 0. The Hall–Kier alpha value is -1.85. The number of hydrogen-bond donors (Lipinski definition) is 1. The zero-order chi connectivity index (χ0) is 13.6. The summed E-state index contributed by atoms with van der Waals surface area (Å²) < 4.78 is 38.2. The van der Waals surface area contributed by atoms with Gasteiger partial charge in [-0.05, 0) is 43.0 Å². The van der Waals surface area contributed by atoms with Crippen molar-refractivity contribution in [1.29, 1.82) is 0 Å². The van der Waals surface area contributed by atoms with Crippen molar-refractivity contribution >= 4 is 10.9 Å². The van der Waals surface area contributed by atoms with Crippen LogP contribution in [0.1, 0.15) is 35.7 Å². The summed E-state index contributed by atoms with van der Waals surface area (Å²) in [5.41, 5.74) is 1.45. The molecule has 0 aliphatic heterocycles. The van der Waals surface area contributed by atoms with E-state index < -0.39 is 17.8 Å². The van der Waals surface area contributed by atoms with Gasteiger partial charge in [-0.3, -0.25) is 0 Å². The molecule has 19 heavy (non-hydrogen) atoms. The minimum atomic E-state index is -4.35. The maximum Gasteiger partial charge on any atom is 0.416 e. The number of fused-ring (bicyclic) bond motifs is 3. The van der Waals surface area contributed by atoms with Gasteiger partial charge < -0.3 is 4.98 Å². The highest BCUT2D eigenvalue weighted by Crippen LogP contribution is 2.39. The molecule has 1 aliphatic rings. The summed E-state index contributed by atoms with van der Waals surface area (Å²) in [6, 6.07) is 3.15. The Morgan fingerprint density at radius 1 is 1.32 bits per heavy atom. The fourth-order valence-electron chi connectivity index (χ4n) is 2.72. The van der Waals surface area contributed by atoms with Gasteiger partial charge in [0.05, 0.1) is 5.56 Å². The molecule has 1 aliphatic carbocycles. The lowest BCUT2D eigenvalue weighted by molar-refractivity contribution is -0.137. The Kier molecular flexibility index (Phi) is 2.62. The van der Waals surface area contributed by atoms with Crippen molar-refractivity contribution in [2.45, 2.75) is 31.5 Å². The summed E-state index contributed by atoms with van der Waals surface area (Å²) >= 11 is 0. The second-order valence-corrected chi connectivity index (χ2v) is 4.79. The number of hydrogen-bond acceptors (Lipinski definition) is 2. The topological polar surface area (TPSA) is 45.2 Å². The third-order valence-electron chi connectivity index (χ3n) is 3.63. The van der Waals surface area contributed by atoms with Crippen LogP contribution in [0.15, 0.2) is 23.4 Å². The van der Waals surface area contributed by atoms with Crippen LogP contribution in [-0.4, -0.2) is 4.98 Å². The van der Waals surface area contributed by atoms with Gasteiger partial charge in [0.1, 0.15) is 6.04 Å². The van der Waals surface area contributed by atoms with Gasteiger partial charge in [0, 0.05) is 16.6 Å². The zero-order valence-electron chi connectivity index (χ0n) is 9.92. The first-order valence-electron chi connectivity index (χ1n) is 6.05. The van der Waals surface area contributed by atoms with E-state index in [0.717, 1.165) is 24.1 Å². The molecule has 1 unspecified atom stereocenters. The van der Waals surface area contributed by atoms with Crippen molar-refractivity contribution in [2.75, 3.05) is 0 Å². The summed E-state index contributed by atoms with van der Waals surface area (Å²) in [7, 11) is 0. The molecule has 1 aromatic heterocycles. The Labute approximate surface area is 106 Å². The van der Waals surface area contributed by atoms with E-state index in [9.17, 15) is 18.1 Å². The number of nitroso groups, excluding NO2 is 1. The first kappa shape index (κ1) is 12.2. The summed E-state index contributed by atoms with van der Waals surface area (Å²) in [5, 5.41) is 3.61. The SMILES string of the molecule is O=NC1CCCc2c1[nH]c1ccc(C(F)(F)F)cc21. The average molecular weight is 268 g/mol. The number of benzene rings is 1. The van der Waals surface area contributed by atoms with Crippen molar-refractivity contribution in [3.63, 3.8) is 0 Å². The predicted molar refractivity (Wildman–Crippen MR) is 64.8 cm³/mol. The molecule has 0 saturated carbocycles. The molecule has 1 aromatic carbocycles. The molecule has 6 heteroatoms. The number of nitrogens with one attached hydrogen (secondary N) is 1.